The molecule has 1 aromatic rings. The van der Waals surface area contributed by atoms with Crippen molar-refractivity contribution in [2.24, 2.45) is 11.8 Å². The molecule has 0 radical (unpaired) electrons. The van der Waals surface area contributed by atoms with Gasteiger partial charge in [0, 0.05) is 45.1 Å². The molecule has 2 atom stereocenters. The van der Waals surface area contributed by atoms with Gasteiger partial charge in [-0.25, -0.2) is 4.98 Å². The van der Waals surface area contributed by atoms with Crippen molar-refractivity contribution in [3.05, 3.63) is 11.8 Å². The van der Waals surface area contributed by atoms with Gasteiger partial charge in [-0.2, -0.15) is 4.98 Å². The smallest absolute Gasteiger partial charge is 0.231 e. The summed E-state index contributed by atoms with van der Waals surface area (Å²) in [6, 6.07) is 2.05. The molecule has 1 aliphatic heterocycles. The fraction of sp³-hybridized carbons (Fsp3) is 0.706. The maximum absolute atomic E-state index is 5.31. The Balaban J connectivity index is 1.99. The molecule has 1 aliphatic rings. The number of thiocarbonyl (C=S) groups is 1. The Morgan fingerprint density at radius 1 is 1.33 bits per heavy atom. The fourth-order valence-electron chi connectivity index (χ4n) is 3.18. The van der Waals surface area contributed by atoms with Gasteiger partial charge in [-0.05, 0) is 43.8 Å². The highest BCUT2D eigenvalue weighted by Gasteiger charge is 2.23. The number of methoxy groups -OCH3 is 1. The Labute approximate surface area is 150 Å². The van der Waals surface area contributed by atoms with Crippen molar-refractivity contribution in [1.29, 1.82) is 0 Å². The predicted octanol–water partition coefficient (Wildman–Crippen LogP) is 2.59. The average molecular weight is 352 g/mol. The number of nitrogens with zero attached hydrogens (tertiary/aromatic N) is 3. The van der Waals surface area contributed by atoms with Crippen molar-refractivity contribution in [3.63, 3.8) is 0 Å². The van der Waals surface area contributed by atoms with Crippen molar-refractivity contribution in [2.75, 3.05) is 43.6 Å². The van der Waals surface area contributed by atoms with Crippen LogP contribution in [-0.2, 0) is 4.74 Å². The molecule has 7 heteroatoms. The van der Waals surface area contributed by atoms with E-state index in [2.05, 4.69) is 39.3 Å². The zero-order valence-electron chi connectivity index (χ0n) is 15.1. The summed E-state index contributed by atoms with van der Waals surface area (Å²) in [6.07, 6.45) is 2.18. The summed E-state index contributed by atoms with van der Waals surface area (Å²) in [5.41, 5.74) is 0.940. The Hall–Kier alpha value is -1.47. The van der Waals surface area contributed by atoms with Crippen LogP contribution in [0.4, 0.5) is 11.8 Å². The number of aromatic nitrogens is 2. The van der Waals surface area contributed by atoms with Crippen molar-refractivity contribution in [1.82, 2.24) is 15.3 Å². The third-order valence-electron chi connectivity index (χ3n) is 4.07. The van der Waals surface area contributed by atoms with E-state index in [-0.39, 0.29) is 0 Å². The van der Waals surface area contributed by atoms with Crippen molar-refractivity contribution < 1.29 is 4.74 Å². The zero-order chi connectivity index (χ0) is 17.5. The summed E-state index contributed by atoms with van der Waals surface area (Å²) in [4.78, 5) is 11.5. The minimum atomic E-state index is 0.544. The Bertz CT molecular complexity index is 544. The molecule has 0 unspecified atom stereocenters. The second-order valence-electron chi connectivity index (χ2n) is 6.77. The van der Waals surface area contributed by atoms with Crippen molar-refractivity contribution in [3.8, 4) is 0 Å². The topological polar surface area (TPSA) is 62.3 Å². The minimum absolute atomic E-state index is 0.544. The van der Waals surface area contributed by atoms with Gasteiger partial charge >= 0.3 is 0 Å². The maximum atomic E-state index is 5.31. The number of piperidine rings is 1. The predicted molar refractivity (Wildman–Crippen MR) is 103 cm³/mol. The van der Waals surface area contributed by atoms with Crippen LogP contribution in [-0.4, -0.2) is 48.4 Å². The van der Waals surface area contributed by atoms with E-state index in [4.69, 9.17) is 17.0 Å². The van der Waals surface area contributed by atoms with Crippen LogP contribution >= 0.6 is 12.2 Å². The molecule has 1 aromatic heterocycles. The van der Waals surface area contributed by atoms with Gasteiger partial charge in [0.05, 0.1) is 0 Å². The number of hydrogen-bond donors (Lipinski definition) is 2. The number of anilines is 2. The van der Waals surface area contributed by atoms with Crippen LogP contribution in [0.15, 0.2) is 6.07 Å². The van der Waals surface area contributed by atoms with E-state index in [0.29, 0.717) is 29.5 Å². The quantitative estimate of drug-likeness (QED) is 0.603. The van der Waals surface area contributed by atoms with Crippen LogP contribution in [0.1, 0.15) is 32.4 Å². The lowest BCUT2D eigenvalue weighted by Gasteiger charge is -2.36. The molecule has 0 saturated carbocycles. The summed E-state index contributed by atoms with van der Waals surface area (Å²) >= 11 is 5.31. The Morgan fingerprint density at radius 3 is 2.71 bits per heavy atom. The van der Waals surface area contributed by atoms with Gasteiger partial charge in [0.1, 0.15) is 5.82 Å². The van der Waals surface area contributed by atoms with E-state index in [0.717, 1.165) is 37.6 Å². The molecule has 0 aliphatic carbocycles. The molecule has 24 heavy (non-hydrogen) atoms. The Morgan fingerprint density at radius 2 is 2.04 bits per heavy atom. The normalized spacial score (nSPS) is 20.8. The number of aryl methyl sites for hydroxylation is 1. The van der Waals surface area contributed by atoms with Gasteiger partial charge in [-0.15, -0.1) is 0 Å². The van der Waals surface area contributed by atoms with Gasteiger partial charge in [-0.3, -0.25) is 0 Å². The molecule has 6 nitrogen and oxygen atoms in total. The first-order chi connectivity index (χ1) is 11.5. The number of hydrogen-bond acceptors (Lipinski definition) is 5. The standard InChI is InChI=1S/C17H29N5OS/c1-12-8-13(2)11-22(10-12)15-9-14(3)19-16(20-15)21-17(24)18-6-5-7-23-4/h9,12-13H,5-8,10-11H2,1-4H3,(H2,18,19,20,21,24)/t12-,13-/m0/s1. The summed E-state index contributed by atoms with van der Waals surface area (Å²) in [6.45, 7) is 10.2. The SMILES string of the molecule is COCCCNC(=S)Nc1nc(C)cc(N2C[C@@H](C)C[C@H](C)C2)n1. The molecule has 0 amide bonds. The second-order valence-corrected chi connectivity index (χ2v) is 7.18. The van der Waals surface area contributed by atoms with E-state index < -0.39 is 0 Å². The largest absolute Gasteiger partial charge is 0.385 e. The molecular weight excluding hydrogens is 322 g/mol. The van der Waals surface area contributed by atoms with Gasteiger partial charge in [0.15, 0.2) is 5.11 Å². The molecule has 1 saturated heterocycles. The first-order valence-electron chi connectivity index (χ1n) is 8.62. The molecule has 2 N–H and O–H groups in total. The molecule has 2 rings (SSSR count). The van der Waals surface area contributed by atoms with Crippen LogP contribution in [0.25, 0.3) is 0 Å². The second kappa shape index (κ2) is 9.13. The number of rotatable bonds is 6. The third-order valence-corrected chi connectivity index (χ3v) is 4.32. The van der Waals surface area contributed by atoms with Crippen molar-refractivity contribution >= 4 is 29.1 Å². The van der Waals surface area contributed by atoms with Crippen LogP contribution in [0.5, 0.6) is 0 Å². The van der Waals surface area contributed by atoms with Crippen LogP contribution in [0.2, 0.25) is 0 Å². The monoisotopic (exact) mass is 351 g/mol. The van der Waals surface area contributed by atoms with E-state index in [1.807, 2.05) is 13.0 Å². The average Bonchev–Trinajstić information content (AvgIpc) is 2.50. The molecule has 2 heterocycles. The molecular formula is C17H29N5OS. The first-order valence-corrected chi connectivity index (χ1v) is 9.03. The number of nitrogens with one attached hydrogen (secondary N) is 2. The van der Waals surface area contributed by atoms with Gasteiger partial charge in [-0.1, -0.05) is 13.8 Å². The third kappa shape index (κ3) is 5.87. The molecule has 1 fully saturated rings. The van der Waals surface area contributed by atoms with Gasteiger partial charge in [0.2, 0.25) is 5.95 Å². The lowest BCUT2D eigenvalue weighted by atomic mass is 9.92. The highest BCUT2D eigenvalue weighted by atomic mass is 32.1. The molecule has 134 valence electrons. The van der Waals surface area contributed by atoms with Gasteiger partial charge < -0.3 is 20.3 Å². The van der Waals surface area contributed by atoms with E-state index in [9.17, 15) is 0 Å². The fourth-order valence-corrected chi connectivity index (χ4v) is 3.38. The minimum Gasteiger partial charge on any atom is -0.385 e. The highest BCUT2D eigenvalue weighted by Crippen LogP contribution is 2.25. The summed E-state index contributed by atoms with van der Waals surface area (Å²) < 4.78 is 5.02. The van der Waals surface area contributed by atoms with E-state index in [1.54, 1.807) is 7.11 Å². The molecule has 0 bridgehead atoms. The maximum Gasteiger partial charge on any atom is 0.231 e. The lowest BCUT2D eigenvalue weighted by molar-refractivity contribution is 0.196. The van der Waals surface area contributed by atoms with E-state index >= 15 is 0 Å². The summed E-state index contributed by atoms with van der Waals surface area (Å²) in [5, 5.41) is 6.78. The summed E-state index contributed by atoms with van der Waals surface area (Å²) in [7, 11) is 1.70. The first kappa shape index (κ1) is 18.9. The number of ether oxygens (including phenoxy) is 1. The van der Waals surface area contributed by atoms with Crippen LogP contribution in [0.3, 0.4) is 0 Å². The molecule has 0 aromatic carbocycles. The van der Waals surface area contributed by atoms with Crippen LogP contribution in [0, 0.1) is 18.8 Å². The van der Waals surface area contributed by atoms with Gasteiger partial charge in [0.25, 0.3) is 0 Å². The highest BCUT2D eigenvalue weighted by molar-refractivity contribution is 7.80. The van der Waals surface area contributed by atoms with Crippen molar-refractivity contribution in [2.45, 2.75) is 33.6 Å². The molecule has 0 spiro atoms. The van der Waals surface area contributed by atoms with E-state index in [1.165, 1.54) is 6.42 Å². The Kier molecular flexibility index (Phi) is 7.17. The van der Waals surface area contributed by atoms with Crippen LogP contribution < -0.4 is 15.5 Å². The summed E-state index contributed by atoms with van der Waals surface area (Å²) in [5.74, 6) is 2.90. The zero-order valence-corrected chi connectivity index (χ0v) is 15.9. The lowest BCUT2D eigenvalue weighted by Crippen LogP contribution is -2.39.